The number of carbonyl (C=O) groups excluding carboxylic acids is 3. The number of carbonyl (C=O) groups is 3. The molecule has 0 bridgehead atoms. The van der Waals surface area contributed by atoms with Crippen molar-refractivity contribution in [3.63, 3.8) is 0 Å². The van der Waals surface area contributed by atoms with Gasteiger partial charge in [-0.3, -0.25) is 19.3 Å². The van der Waals surface area contributed by atoms with Crippen LogP contribution in [-0.2, 0) is 16.1 Å². The fourth-order valence-corrected chi connectivity index (χ4v) is 4.00. The van der Waals surface area contributed by atoms with Crippen LogP contribution in [0.2, 0.25) is 10.0 Å². The summed E-state index contributed by atoms with van der Waals surface area (Å²) in [5, 5.41) is 5.66. The maximum Gasteiger partial charge on any atom is 0.253 e. The Kier molecular flexibility index (Phi) is 8.50. The molecule has 1 aliphatic rings. The van der Waals surface area contributed by atoms with Crippen LogP contribution in [0.5, 0.6) is 0 Å². The number of nitrogens with one attached hydrogen (secondary N) is 2. The summed E-state index contributed by atoms with van der Waals surface area (Å²) in [5.74, 6) is -1.08. The van der Waals surface area contributed by atoms with E-state index < -0.39 is 11.8 Å². The van der Waals surface area contributed by atoms with Crippen LogP contribution in [-0.4, -0.2) is 66.8 Å². The molecule has 0 radical (unpaired) electrons. The zero-order valence-corrected chi connectivity index (χ0v) is 19.4. The highest BCUT2D eigenvalue weighted by molar-refractivity contribution is 6.36. The Morgan fingerprint density at radius 2 is 1.69 bits per heavy atom. The van der Waals surface area contributed by atoms with Gasteiger partial charge in [0.2, 0.25) is 11.8 Å². The van der Waals surface area contributed by atoms with Crippen LogP contribution in [0.1, 0.15) is 21.5 Å². The number of hydrogen-bond donors (Lipinski definition) is 2. The number of aryl methyl sites for hydroxylation is 1. The lowest BCUT2D eigenvalue weighted by atomic mass is 10.1. The first-order valence-electron chi connectivity index (χ1n) is 10.4. The molecule has 2 aromatic rings. The highest BCUT2D eigenvalue weighted by Crippen LogP contribution is 2.20. The molecular formula is C23H26Cl2N4O3. The molecule has 1 saturated heterocycles. The van der Waals surface area contributed by atoms with Gasteiger partial charge >= 0.3 is 0 Å². The topological polar surface area (TPSA) is 81.8 Å². The second-order valence-electron chi connectivity index (χ2n) is 7.73. The second-order valence-corrected chi connectivity index (χ2v) is 8.57. The third-order valence-electron chi connectivity index (χ3n) is 5.24. The molecule has 2 aromatic carbocycles. The molecule has 3 amide bonds. The molecule has 7 nitrogen and oxygen atoms in total. The van der Waals surface area contributed by atoms with Crippen LogP contribution in [0.25, 0.3) is 0 Å². The zero-order valence-electron chi connectivity index (χ0n) is 17.9. The molecule has 0 aliphatic carbocycles. The predicted octanol–water partition coefficient (Wildman–Crippen LogP) is 2.49. The van der Waals surface area contributed by atoms with Gasteiger partial charge in [-0.25, -0.2) is 0 Å². The van der Waals surface area contributed by atoms with Gasteiger partial charge in [0, 0.05) is 37.7 Å². The van der Waals surface area contributed by atoms with Crippen LogP contribution >= 0.6 is 23.2 Å². The van der Waals surface area contributed by atoms with Crippen molar-refractivity contribution in [1.82, 2.24) is 20.4 Å². The smallest absolute Gasteiger partial charge is 0.253 e. The highest BCUT2D eigenvalue weighted by atomic mass is 35.5. The van der Waals surface area contributed by atoms with Crippen molar-refractivity contribution < 1.29 is 14.4 Å². The van der Waals surface area contributed by atoms with E-state index in [2.05, 4.69) is 46.7 Å². The average molecular weight is 477 g/mol. The minimum absolute atomic E-state index is 0.103. The Bertz CT molecular complexity index is 991. The van der Waals surface area contributed by atoms with E-state index in [0.29, 0.717) is 18.1 Å². The van der Waals surface area contributed by atoms with Crippen LogP contribution in [0.4, 0.5) is 0 Å². The Morgan fingerprint density at radius 1 is 0.938 bits per heavy atom. The first kappa shape index (κ1) is 24.0. The van der Waals surface area contributed by atoms with E-state index in [-0.39, 0.29) is 29.6 Å². The van der Waals surface area contributed by atoms with Crippen molar-refractivity contribution in [3.05, 3.63) is 69.2 Å². The van der Waals surface area contributed by atoms with E-state index in [0.717, 1.165) is 19.6 Å². The number of amides is 3. The van der Waals surface area contributed by atoms with Gasteiger partial charge in [0.25, 0.3) is 5.91 Å². The summed E-state index contributed by atoms with van der Waals surface area (Å²) in [6, 6.07) is 12.9. The fraction of sp³-hybridized carbons (Fsp3) is 0.348. The SMILES string of the molecule is Cc1cccc(CN2CCN(C(=O)CNC(=O)CNC(=O)c3ccc(Cl)cc3Cl)CC2)c1. The lowest BCUT2D eigenvalue weighted by molar-refractivity contribution is -0.134. The molecule has 0 saturated carbocycles. The van der Waals surface area contributed by atoms with E-state index >= 15 is 0 Å². The van der Waals surface area contributed by atoms with Gasteiger partial charge in [0.15, 0.2) is 0 Å². The summed E-state index contributed by atoms with van der Waals surface area (Å²) >= 11 is 11.8. The Morgan fingerprint density at radius 3 is 2.38 bits per heavy atom. The van der Waals surface area contributed by atoms with Crippen molar-refractivity contribution in [3.8, 4) is 0 Å². The van der Waals surface area contributed by atoms with Gasteiger partial charge in [0.05, 0.1) is 23.7 Å². The Balaban J connectivity index is 1.36. The van der Waals surface area contributed by atoms with E-state index in [9.17, 15) is 14.4 Å². The minimum Gasteiger partial charge on any atom is -0.345 e. The Labute approximate surface area is 197 Å². The largest absolute Gasteiger partial charge is 0.345 e. The van der Waals surface area contributed by atoms with E-state index in [4.69, 9.17) is 23.2 Å². The van der Waals surface area contributed by atoms with Crippen molar-refractivity contribution in [2.24, 2.45) is 0 Å². The summed E-state index contributed by atoms with van der Waals surface area (Å²) in [7, 11) is 0. The van der Waals surface area contributed by atoms with Gasteiger partial charge < -0.3 is 15.5 Å². The van der Waals surface area contributed by atoms with Crippen LogP contribution < -0.4 is 10.6 Å². The second kappa shape index (κ2) is 11.3. The number of piperazine rings is 1. The van der Waals surface area contributed by atoms with E-state index in [1.54, 1.807) is 11.0 Å². The molecule has 1 aliphatic heterocycles. The molecule has 170 valence electrons. The molecule has 0 spiro atoms. The third kappa shape index (κ3) is 6.95. The van der Waals surface area contributed by atoms with E-state index in [1.807, 2.05) is 0 Å². The molecule has 0 atom stereocenters. The first-order valence-corrected chi connectivity index (χ1v) is 11.1. The van der Waals surface area contributed by atoms with Crippen LogP contribution in [0.3, 0.4) is 0 Å². The van der Waals surface area contributed by atoms with Gasteiger partial charge in [-0.1, -0.05) is 53.0 Å². The normalized spacial score (nSPS) is 14.2. The zero-order chi connectivity index (χ0) is 23.1. The number of halogens is 2. The van der Waals surface area contributed by atoms with Gasteiger partial charge in [-0.05, 0) is 30.7 Å². The number of nitrogens with zero attached hydrogens (tertiary/aromatic N) is 2. The molecule has 9 heteroatoms. The molecule has 0 aromatic heterocycles. The first-order chi connectivity index (χ1) is 15.3. The van der Waals surface area contributed by atoms with Crippen molar-refractivity contribution >= 4 is 40.9 Å². The average Bonchev–Trinajstić information content (AvgIpc) is 2.76. The maximum atomic E-state index is 12.4. The lowest BCUT2D eigenvalue weighted by Crippen LogP contribution is -2.51. The molecule has 0 unspecified atom stereocenters. The Hall–Kier alpha value is -2.61. The molecule has 3 rings (SSSR count). The molecule has 1 heterocycles. The van der Waals surface area contributed by atoms with Crippen molar-refractivity contribution in [2.75, 3.05) is 39.3 Å². The van der Waals surface area contributed by atoms with Crippen molar-refractivity contribution in [2.45, 2.75) is 13.5 Å². The molecule has 32 heavy (non-hydrogen) atoms. The summed E-state index contributed by atoms with van der Waals surface area (Å²) < 4.78 is 0. The number of benzene rings is 2. The predicted molar refractivity (Wildman–Crippen MR) is 125 cm³/mol. The maximum absolute atomic E-state index is 12.4. The van der Waals surface area contributed by atoms with Gasteiger partial charge in [-0.15, -0.1) is 0 Å². The summed E-state index contributed by atoms with van der Waals surface area (Å²) in [5.41, 5.74) is 2.72. The van der Waals surface area contributed by atoms with Crippen LogP contribution in [0, 0.1) is 6.92 Å². The number of rotatable bonds is 7. The van der Waals surface area contributed by atoms with Gasteiger partial charge in [0.1, 0.15) is 0 Å². The lowest BCUT2D eigenvalue weighted by Gasteiger charge is -2.34. The minimum atomic E-state index is -0.488. The molecule has 1 fully saturated rings. The van der Waals surface area contributed by atoms with Crippen LogP contribution in [0.15, 0.2) is 42.5 Å². The highest BCUT2D eigenvalue weighted by Gasteiger charge is 2.21. The quantitative estimate of drug-likeness (QED) is 0.642. The summed E-state index contributed by atoms with van der Waals surface area (Å²) in [6.45, 7) is 5.38. The third-order valence-corrected chi connectivity index (χ3v) is 5.78. The molecular weight excluding hydrogens is 451 g/mol. The summed E-state index contributed by atoms with van der Waals surface area (Å²) in [6.07, 6.45) is 0. The standard InChI is InChI=1S/C23H26Cl2N4O3/c1-16-3-2-4-17(11-16)15-28-7-9-29(10-8-28)22(31)14-26-21(30)13-27-23(32)19-6-5-18(24)12-20(19)25/h2-6,11-12H,7-10,13-15H2,1H3,(H,26,30)(H,27,32). The number of hydrogen-bond acceptors (Lipinski definition) is 4. The van der Waals surface area contributed by atoms with Crippen molar-refractivity contribution in [1.29, 1.82) is 0 Å². The molecule has 2 N–H and O–H groups in total. The monoisotopic (exact) mass is 476 g/mol. The summed E-state index contributed by atoms with van der Waals surface area (Å²) in [4.78, 5) is 40.7. The van der Waals surface area contributed by atoms with Gasteiger partial charge in [-0.2, -0.15) is 0 Å². The fourth-order valence-electron chi connectivity index (χ4n) is 3.50. The van der Waals surface area contributed by atoms with E-state index in [1.165, 1.54) is 23.3 Å².